The summed E-state index contributed by atoms with van der Waals surface area (Å²) in [5.41, 5.74) is 1.85. The standard InChI is InChI=1S/C15H17BrF2N2O/c1-10(2)6-12-8-14(16)19-20(12)11-4-3-5-13(7-11)21-9-15(17)18/h3-5,7-8,10,15H,6,9H2,1-2H3. The summed E-state index contributed by atoms with van der Waals surface area (Å²) in [7, 11) is 0. The Kier molecular flexibility index (Phi) is 5.33. The van der Waals surface area contributed by atoms with E-state index in [0.29, 0.717) is 11.7 Å². The first-order chi connectivity index (χ1) is 9.95. The molecule has 114 valence electrons. The van der Waals surface area contributed by atoms with Crippen molar-refractivity contribution in [1.29, 1.82) is 0 Å². The highest BCUT2D eigenvalue weighted by molar-refractivity contribution is 9.10. The average Bonchev–Trinajstić information content (AvgIpc) is 2.77. The molecule has 1 aromatic heterocycles. The molecular weight excluding hydrogens is 342 g/mol. The Morgan fingerprint density at radius 3 is 2.71 bits per heavy atom. The molecule has 0 saturated heterocycles. The number of rotatable bonds is 6. The van der Waals surface area contributed by atoms with Gasteiger partial charge in [-0.15, -0.1) is 0 Å². The minimum Gasteiger partial charge on any atom is -0.488 e. The molecule has 0 fully saturated rings. The van der Waals surface area contributed by atoms with Crippen LogP contribution in [0.1, 0.15) is 19.5 Å². The third kappa shape index (κ3) is 4.52. The Hall–Kier alpha value is -1.43. The molecule has 0 saturated carbocycles. The fourth-order valence-corrected chi connectivity index (χ4v) is 2.46. The number of halogens is 3. The minimum absolute atomic E-state index is 0.412. The number of alkyl halides is 2. The third-order valence-electron chi connectivity index (χ3n) is 2.81. The first-order valence-corrected chi connectivity index (χ1v) is 7.51. The second-order valence-corrected chi connectivity index (χ2v) is 5.98. The van der Waals surface area contributed by atoms with Gasteiger partial charge in [0.05, 0.1) is 5.69 Å². The summed E-state index contributed by atoms with van der Waals surface area (Å²) in [6, 6.07) is 8.98. The summed E-state index contributed by atoms with van der Waals surface area (Å²) < 4.78 is 32.0. The van der Waals surface area contributed by atoms with Crippen LogP contribution in [0.5, 0.6) is 5.75 Å². The van der Waals surface area contributed by atoms with Crippen LogP contribution in [-0.4, -0.2) is 22.8 Å². The van der Waals surface area contributed by atoms with Crippen molar-refractivity contribution in [3.63, 3.8) is 0 Å². The van der Waals surface area contributed by atoms with Crippen LogP contribution >= 0.6 is 15.9 Å². The Bertz CT molecular complexity index is 599. The van der Waals surface area contributed by atoms with Crippen LogP contribution in [0.3, 0.4) is 0 Å². The number of hydrogen-bond donors (Lipinski definition) is 0. The summed E-state index contributed by atoms with van der Waals surface area (Å²) in [6.45, 7) is 3.66. The lowest BCUT2D eigenvalue weighted by Crippen LogP contribution is -2.08. The largest absolute Gasteiger partial charge is 0.488 e. The second kappa shape index (κ2) is 7.02. The maximum Gasteiger partial charge on any atom is 0.272 e. The van der Waals surface area contributed by atoms with Gasteiger partial charge in [0.25, 0.3) is 6.43 Å². The molecule has 3 nitrogen and oxygen atoms in total. The van der Waals surface area contributed by atoms with Gasteiger partial charge in [-0.25, -0.2) is 13.5 Å². The van der Waals surface area contributed by atoms with Gasteiger partial charge in [0.2, 0.25) is 0 Å². The highest BCUT2D eigenvalue weighted by Gasteiger charge is 2.11. The fourth-order valence-electron chi connectivity index (χ4n) is 2.04. The minimum atomic E-state index is -2.48. The van der Waals surface area contributed by atoms with E-state index < -0.39 is 13.0 Å². The van der Waals surface area contributed by atoms with Crippen molar-refractivity contribution < 1.29 is 13.5 Å². The molecular formula is C15H17BrF2N2O. The molecule has 0 bridgehead atoms. The van der Waals surface area contributed by atoms with E-state index >= 15 is 0 Å². The lowest BCUT2D eigenvalue weighted by atomic mass is 10.1. The first kappa shape index (κ1) is 15.9. The van der Waals surface area contributed by atoms with Gasteiger partial charge >= 0.3 is 0 Å². The zero-order chi connectivity index (χ0) is 15.4. The van der Waals surface area contributed by atoms with Gasteiger partial charge in [-0.05, 0) is 46.5 Å². The van der Waals surface area contributed by atoms with Crippen molar-refractivity contribution in [1.82, 2.24) is 9.78 Å². The van der Waals surface area contributed by atoms with Crippen LogP contribution in [0, 0.1) is 5.92 Å². The predicted octanol–water partition coefficient (Wildman–Crippen LogP) is 4.48. The zero-order valence-corrected chi connectivity index (χ0v) is 13.5. The number of hydrogen-bond acceptors (Lipinski definition) is 2. The summed E-state index contributed by atoms with van der Waals surface area (Å²) in [5.74, 6) is 0.903. The van der Waals surface area contributed by atoms with E-state index in [9.17, 15) is 8.78 Å². The van der Waals surface area contributed by atoms with Gasteiger partial charge in [0.1, 0.15) is 17.0 Å². The molecule has 6 heteroatoms. The monoisotopic (exact) mass is 358 g/mol. The van der Waals surface area contributed by atoms with Crippen LogP contribution in [0.25, 0.3) is 5.69 Å². The smallest absolute Gasteiger partial charge is 0.272 e. The molecule has 0 spiro atoms. The van der Waals surface area contributed by atoms with E-state index in [4.69, 9.17) is 4.74 Å². The van der Waals surface area contributed by atoms with E-state index in [1.54, 1.807) is 22.9 Å². The van der Waals surface area contributed by atoms with E-state index in [1.165, 1.54) is 0 Å². The maximum absolute atomic E-state index is 12.2. The molecule has 2 rings (SSSR count). The fraction of sp³-hybridized carbons (Fsp3) is 0.400. The predicted molar refractivity (Wildman–Crippen MR) is 81.3 cm³/mol. The number of benzene rings is 1. The molecule has 0 unspecified atom stereocenters. The van der Waals surface area contributed by atoms with Crippen molar-refractivity contribution in [2.45, 2.75) is 26.7 Å². The maximum atomic E-state index is 12.2. The summed E-state index contributed by atoms with van der Waals surface area (Å²) >= 11 is 3.38. The van der Waals surface area contributed by atoms with Crippen molar-refractivity contribution in [3.05, 3.63) is 40.6 Å². The Balaban J connectivity index is 2.27. The molecule has 0 aliphatic rings. The summed E-state index contributed by atoms with van der Waals surface area (Å²) in [4.78, 5) is 0. The molecule has 0 radical (unpaired) electrons. The SMILES string of the molecule is CC(C)Cc1cc(Br)nn1-c1cccc(OCC(F)F)c1. The van der Waals surface area contributed by atoms with Crippen LogP contribution in [0.4, 0.5) is 8.78 Å². The normalized spacial score (nSPS) is 11.4. The number of ether oxygens (including phenoxy) is 1. The highest BCUT2D eigenvalue weighted by atomic mass is 79.9. The number of aromatic nitrogens is 2. The van der Waals surface area contributed by atoms with E-state index in [0.717, 1.165) is 22.4 Å². The quantitative estimate of drug-likeness (QED) is 0.761. The van der Waals surface area contributed by atoms with Gasteiger partial charge < -0.3 is 4.74 Å². The zero-order valence-electron chi connectivity index (χ0n) is 11.9. The van der Waals surface area contributed by atoms with Gasteiger partial charge in [-0.1, -0.05) is 19.9 Å². The molecule has 1 heterocycles. The summed E-state index contributed by atoms with van der Waals surface area (Å²) in [6.07, 6.45) is -1.61. The van der Waals surface area contributed by atoms with Gasteiger partial charge in [-0.3, -0.25) is 0 Å². The molecule has 0 amide bonds. The van der Waals surface area contributed by atoms with Crippen molar-refractivity contribution >= 4 is 15.9 Å². The average molecular weight is 359 g/mol. The van der Waals surface area contributed by atoms with E-state index in [2.05, 4.69) is 34.9 Å². The molecule has 0 atom stereocenters. The van der Waals surface area contributed by atoms with Crippen LogP contribution in [0.15, 0.2) is 34.9 Å². The topological polar surface area (TPSA) is 27.1 Å². The highest BCUT2D eigenvalue weighted by Crippen LogP contribution is 2.22. The van der Waals surface area contributed by atoms with Crippen molar-refractivity contribution in [2.24, 2.45) is 5.92 Å². The number of nitrogens with zero attached hydrogens (tertiary/aromatic N) is 2. The molecule has 21 heavy (non-hydrogen) atoms. The third-order valence-corrected chi connectivity index (χ3v) is 3.20. The van der Waals surface area contributed by atoms with Crippen molar-refractivity contribution in [3.8, 4) is 11.4 Å². The Morgan fingerprint density at radius 2 is 2.05 bits per heavy atom. The van der Waals surface area contributed by atoms with Gasteiger partial charge in [0.15, 0.2) is 0 Å². The Labute approximate surface area is 131 Å². The van der Waals surface area contributed by atoms with Crippen LogP contribution < -0.4 is 4.74 Å². The molecule has 2 aromatic rings. The van der Waals surface area contributed by atoms with E-state index in [1.807, 2.05) is 12.1 Å². The lowest BCUT2D eigenvalue weighted by Gasteiger charge is -2.11. The molecule has 1 aromatic carbocycles. The molecule has 0 N–H and O–H groups in total. The second-order valence-electron chi connectivity index (χ2n) is 5.17. The first-order valence-electron chi connectivity index (χ1n) is 6.71. The van der Waals surface area contributed by atoms with Crippen LogP contribution in [0.2, 0.25) is 0 Å². The Morgan fingerprint density at radius 1 is 1.29 bits per heavy atom. The van der Waals surface area contributed by atoms with Gasteiger partial charge in [-0.2, -0.15) is 5.10 Å². The molecule has 0 aliphatic heterocycles. The van der Waals surface area contributed by atoms with Gasteiger partial charge in [0, 0.05) is 11.8 Å². The summed E-state index contributed by atoms with van der Waals surface area (Å²) in [5, 5.41) is 4.40. The van der Waals surface area contributed by atoms with Crippen LogP contribution in [-0.2, 0) is 6.42 Å². The van der Waals surface area contributed by atoms with Crippen molar-refractivity contribution in [2.75, 3.05) is 6.61 Å². The lowest BCUT2D eigenvalue weighted by molar-refractivity contribution is 0.0819. The molecule has 0 aliphatic carbocycles. The van der Waals surface area contributed by atoms with E-state index in [-0.39, 0.29) is 0 Å².